The molecule has 0 aliphatic carbocycles. The Morgan fingerprint density at radius 2 is 1.20 bits per heavy atom. The highest BCUT2D eigenvalue weighted by Gasteiger charge is 2.34. The molecule has 242 valence electrons. The second kappa shape index (κ2) is 16.1. The van der Waals surface area contributed by atoms with Crippen LogP contribution in [0.25, 0.3) is 0 Å². The molecule has 0 spiro atoms. The van der Waals surface area contributed by atoms with Gasteiger partial charge in [-0.25, -0.2) is 4.39 Å². The zero-order valence-corrected chi connectivity index (χ0v) is 25.8. The van der Waals surface area contributed by atoms with Crippen molar-refractivity contribution < 1.29 is 33.2 Å². The maximum Gasteiger partial charge on any atom is 0.290 e. The number of primary amides is 1. The Balaban J connectivity index is 1.72. The Kier molecular flexibility index (Phi) is 12.3. The topological polar surface area (TPSA) is 177 Å². The van der Waals surface area contributed by atoms with Gasteiger partial charge in [0.05, 0.1) is 12.5 Å². The molecule has 12 heteroatoms. The van der Waals surface area contributed by atoms with E-state index in [1.54, 1.807) is 60.7 Å². The molecule has 0 aromatic heterocycles. The van der Waals surface area contributed by atoms with E-state index in [0.717, 1.165) is 5.56 Å². The smallest absolute Gasteiger partial charge is 0.290 e. The highest BCUT2D eigenvalue weighted by atomic mass is 19.1. The summed E-state index contributed by atoms with van der Waals surface area (Å²) in [6, 6.07) is 19.2. The molecule has 0 saturated carbocycles. The Morgan fingerprint density at radius 3 is 1.74 bits per heavy atom. The van der Waals surface area contributed by atoms with Crippen LogP contribution < -0.4 is 27.0 Å². The molecule has 0 heterocycles. The molecular weight excluding hydrogens is 593 g/mol. The van der Waals surface area contributed by atoms with Gasteiger partial charge in [0.1, 0.15) is 23.4 Å². The molecule has 3 rings (SSSR count). The van der Waals surface area contributed by atoms with Gasteiger partial charge < -0.3 is 27.0 Å². The molecule has 0 aliphatic heterocycles. The number of carbonyl (C=O) groups excluding carboxylic acids is 6. The highest BCUT2D eigenvalue weighted by molar-refractivity contribution is 6.38. The van der Waals surface area contributed by atoms with Crippen molar-refractivity contribution in [1.29, 1.82) is 0 Å². The van der Waals surface area contributed by atoms with E-state index in [1.165, 1.54) is 45.0 Å². The zero-order valence-electron chi connectivity index (χ0n) is 25.8. The van der Waals surface area contributed by atoms with Crippen LogP contribution in [0.15, 0.2) is 84.9 Å². The Labute approximate surface area is 266 Å². The number of ketones is 1. The lowest BCUT2D eigenvalue weighted by Gasteiger charge is -2.26. The molecule has 11 nitrogen and oxygen atoms in total. The second-order valence-corrected chi connectivity index (χ2v) is 11.4. The molecular formula is C34H38FN5O6. The third-order valence-electron chi connectivity index (χ3n) is 7.14. The van der Waals surface area contributed by atoms with Crippen LogP contribution in [-0.4, -0.2) is 59.0 Å². The molecule has 3 atom stereocenters. The maximum atomic E-state index is 13.5. The molecule has 6 N–H and O–H groups in total. The summed E-state index contributed by atoms with van der Waals surface area (Å²) in [7, 11) is 0. The van der Waals surface area contributed by atoms with Crippen molar-refractivity contribution in [3.8, 4) is 0 Å². The lowest BCUT2D eigenvalue weighted by molar-refractivity contribution is -0.141. The Morgan fingerprint density at radius 1 is 0.696 bits per heavy atom. The minimum Gasteiger partial charge on any atom is -0.368 e. The van der Waals surface area contributed by atoms with Crippen molar-refractivity contribution in [1.82, 2.24) is 21.3 Å². The SMILES string of the molecule is CC(NC(=O)C(Cc1ccc(F)cc1)NC(=O)Cc1ccccc1)C(=O)C(=O)NC(Cc1ccccc1)C(=O)NC(C)(C)C(N)=O. The van der Waals surface area contributed by atoms with Crippen molar-refractivity contribution in [2.24, 2.45) is 5.73 Å². The van der Waals surface area contributed by atoms with E-state index in [4.69, 9.17) is 5.73 Å². The summed E-state index contributed by atoms with van der Waals surface area (Å²) < 4.78 is 13.5. The first kappa shape index (κ1) is 35.1. The molecule has 0 bridgehead atoms. The van der Waals surface area contributed by atoms with Crippen LogP contribution in [0.2, 0.25) is 0 Å². The van der Waals surface area contributed by atoms with Gasteiger partial charge in [-0.1, -0.05) is 72.8 Å². The van der Waals surface area contributed by atoms with Crippen LogP contribution in [-0.2, 0) is 48.0 Å². The largest absolute Gasteiger partial charge is 0.368 e. The fourth-order valence-corrected chi connectivity index (χ4v) is 4.41. The van der Waals surface area contributed by atoms with E-state index >= 15 is 0 Å². The average molecular weight is 632 g/mol. The predicted molar refractivity (Wildman–Crippen MR) is 168 cm³/mol. The average Bonchev–Trinajstić information content (AvgIpc) is 3.01. The molecule has 46 heavy (non-hydrogen) atoms. The number of rotatable bonds is 15. The van der Waals surface area contributed by atoms with Crippen LogP contribution in [0.3, 0.4) is 0 Å². The van der Waals surface area contributed by atoms with Crippen molar-refractivity contribution in [3.63, 3.8) is 0 Å². The van der Waals surface area contributed by atoms with Gasteiger partial charge in [0.15, 0.2) is 0 Å². The van der Waals surface area contributed by atoms with Gasteiger partial charge in [0.2, 0.25) is 29.4 Å². The normalized spacial score (nSPS) is 13.0. The third kappa shape index (κ3) is 10.7. The fourth-order valence-electron chi connectivity index (χ4n) is 4.41. The van der Waals surface area contributed by atoms with Crippen LogP contribution in [0.1, 0.15) is 37.5 Å². The lowest BCUT2D eigenvalue weighted by Crippen LogP contribution is -2.60. The van der Waals surface area contributed by atoms with Crippen LogP contribution in [0.4, 0.5) is 4.39 Å². The predicted octanol–water partition coefficient (Wildman–Crippen LogP) is 1.28. The number of amides is 5. The number of benzene rings is 3. The standard InChI is InChI=1S/C34H38FN5O6/c1-21(29(42)32(45)39-27(18-22-10-6-4-7-11-22)31(44)40-34(2,3)33(36)46)37-30(43)26(19-24-14-16-25(35)17-15-24)38-28(41)20-23-12-8-5-9-13-23/h4-17,21,26-27H,18-20H2,1-3H3,(H2,36,46)(H,37,43)(H,38,41)(H,39,45)(H,40,44). The molecule has 3 aromatic carbocycles. The van der Waals surface area contributed by atoms with Gasteiger partial charge in [0.25, 0.3) is 5.91 Å². The first-order valence-corrected chi connectivity index (χ1v) is 14.6. The monoisotopic (exact) mass is 631 g/mol. The van der Waals surface area contributed by atoms with Crippen molar-refractivity contribution in [3.05, 3.63) is 107 Å². The van der Waals surface area contributed by atoms with E-state index < -0.39 is 64.8 Å². The van der Waals surface area contributed by atoms with E-state index in [0.29, 0.717) is 11.1 Å². The number of hydrogen-bond donors (Lipinski definition) is 5. The van der Waals surface area contributed by atoms with E-state index in [-0.39, 0.29) is 19.3 Å². The van der Waals surface area contributed by atoms with Crippen molar-refractivity contribution in [2.75, 3.05) is 0 Å². The number of nitrogens with one attached hydrogen (secondary N) is 4. The van der Waals surface area contributed by atoms with Gasteiger partial charge in [-0.15, -0.1) is 0 Å². The lowest BCUT2D eigenvalue weighted by atomic mass is 10.0. The number of carbonyl (C=O) groups is 6. The van der Waals surface area contributed by atoms with Crippen LogP contribution in [0, 0.1) is 5.82 Å². The first-order chi connectivity index (χ1) is 21.7. The zero-order chi connectivity index (χ0) is 33.9. The maximum absolute atomic E-state index is 13.5. The molecule has 3 aromatic rings. The summed E-state index contributed by atoms with van der Waals surface area (Å²) >= 11 is 0. The van der Waals surface area contributed by atoms with Gasteiger partial charge in [0, 0.05) is 12.8 Å². The number of halogens is 1. The Hall–Kier alpha value is -5.39. The number of Topliss-reactive ketones (excluding diaryl/α,β-unsaturated/α-hetero) is 1. The van der Waals surface area contributed by atoms with Gasteiger partial charge in [-0.3, -0.25) is 28.8 Å². The van der Waals surface area contributed by atoms with Gasteiger partial charge in [-0.2, -0.15) is 0 Å². The second-order valence-electron chi connectivity index (χ2n) is 11.4. The van der Waals surface area contributed by atoms with Gasteiger partial charge in [-0.05, 0) is 49.6 Å². The van der Waals surface area contributed by atoms with Gasteiger partial charge >= 0.3 is 0 Å². The molecule has 0 fully saturated rings. The first-order valence-electron chi connectivity index (χ1n) is 14.6. The summed E-state index contributed by atoms with van der Waals surface area (Å²) in [4.78, 5) is 77.2. The summed E-state index contributed by atoms with van der Waals surface area (Å²) in [5, 5.41) is 10.0. The quantitative estimate of drug-likeness (QED) is 0.158. The van der Waals surface area contributed by atoms with E-state index in [9.17, 15) is 33.2 Å². The third-order valence-corrected chi connectivity index (χ3v) is 7.14. The van der Waals surface area contributed by atoms with E-state index in [1.807, 2.05) is 0 Å². The highest BCUT2D eigenvalue weighted by Crippen LogP contribution is 2.09. The molecule has 0 saturated heterocycles. The fraction of sp³-hybridized carbons (Fsp3) is 0.294. The molecule has 5 amide bonds. The Bertz CT molecular complexity index is 1550. The molecule has 0 radical (unpaired) electrons. The summed E-state index contributed by atoms with van der Waals surface area (Å²) in [5.74, 6) is -5.43. The summed E-state index contributed by atoms with van der Waals surface area (Å²) in [5.41, 5.74) is 5.87. The molecule has 3 unspecified atom stereocenters. The minimum atomic E-state index is -1.44. The summed E-state index contributed by atoms with van der Waals surface area (Å²) in [6.45, 7) is 4.10. The van der Waals surface area contributed by atoms with Crippen LogP contribution >= 0.6 is 0 Å². The molecule has 0 aliphatic rings. The van der Waals surface area contributed by atoms with Crippen molar-refractivity contribution in [2.45, 2.75) is 63.7 Å². The van der Waals surface area contributed by atoms with Crippen LogP contribution in [0.5, 0.6) is 0 Å². The number of hydrogen-bond acceptors (Lipinski definition) is 6. The van der Waals surface area contributed by atoms with Crippen molar-refractivity contribution >= 4 is 35.3 Å². The minimum absolute atomic E-state index is 0.00549. The van der Waals surface area contributed by atoms with E-state index in [2.05, 4.69) is 21.3 Å². The number of nitrogens with two attached hydrogens (primary N) is 1. The summed E-state index contributed by atoms with van der Waals surface area (Å²) in [6.07, 6.45) is -0.0362.